The molecule has 1 aromatic heterocycles. The number of thiophene rings is 1. The Kier molecular flexibility index (Phi) is 7.12. The molecule has 1 atom stereocenters. The van der Waals surface area contributed by atoms with Crippen LogP contribution in [0, 0.1) is 0 Å². The van der Waals surface area contributed by atoms with Gasteiger partial charge in [-0.1, -0.05) is 23.7 Å². The number of carbonyl (C=O) groups excluding carboxylic acids is 2. The Bertz CT molecular complexity index is 986. The summed E-state index contributed by atoms with van der Waals surface area (Å²) in [5.41, 5.74) is 0.0347. The van der Waals surface area contributed by atoms with Crippen molar-refractivity contribution < 1.29 is 27.5 Å². The molecule has 1 aliphatic rings. The van der Waals surface area contributed by atoms with Gasteiger partial charge in [0, 0.05) is 13.2 Å². The number of ether oxygens (including phenoxy) is 2. The maximum Gasteiger partial charge on any atom is 0.340 e. The highest BCUT2D eigenvalue weighted by Crippen LogP contribution is 2.28. The first-order valence-corrected chi connectivity index (χ1v) is 11.5. The van der Waals surface area contributed by atoms with Gasteiger partial charge in [-0.15, -0.1) is 11.3 Å². The van der Waals surface area contributed by atoms with E-state index in [1.54, 1.807) is 12.1 Å². The minimum atomic E-state index is -3.91. The quantitative estimate of drug-likeness (QED) is 0.588. The van der Waals surface area contributed by atoms with Crippen molar-refractivity contribution in [3.63, 3.8) is 0 Å². The zero-order valence-electron chi connectivity index (χ0n) is 15.2. The van der Waals surface area contributed by atoms with Crippen molar-refractivity contribution in [2.75, 3.05) is 24.5 Å². The standard InChI is InChI=1S/C18H19ClN2O6S2/c19-15-7-8-17(28-15)29(24,25)21-14-6-2-1-5-13(14)18(23)27-11-16(22)20-10-12-4-3-9-26-12/h1-2,5-8,12,21H,3-4,9-11H2,(H,20,22). The van der Waals surface area contributed by atoms with Crippen LogP contribution in [0.1, 0.15) is 23.2 Å². The van der Waals surface area contributed by atoms with E-state index in [1.165, 1.54) is 24.3 Å². The lowest BCUT2D eigenvalue weighted by molar-refractivity contribution is -0.124. The second-order valence-electron chi connectivity index (χ2n) is 6.22. The Labute approximate surface area is 177 Å². The molecule has 1 saturated heterocycles. The van der Waals surface area contributed by atoms with E-state index >= 15 is 0 Å². The van der Waals surface area contributed by atoms with Crippen molar-refractivity contribution >= 4 is 50.5 Å². The number of esters is 1. The topological polar surface area (TPSA) is 111 Å². The van der Waals surface area contributed by atoms with Gasteiger partial charge in [-0.2, -0.15) is 0 Å². The van der Waals surface area contributed by atoms with Gasteiger partial charge in [-0.25, -0.2) is 13.2 Å². The highest BCUT2D eigenvalue weighted by atomic mass is 35.5. The van der Waals surface area contributed by atoms with E-state index in [0.29, 0.717) is 17.5 Å². The first-order chi connectivity index (χ1) is 13.8. The van der Waals surface area contributed by atoms with Crippen molar-refractivity contribution in [3.8, 4) is 0 Å². The molecular formula is C18H19ClN2O6S2. The summed E-state index contributed by atoms with van der Waals surface area (Å²) < 4.78 is 38.1. The number of sulfonamides is 1. The number of anilines is 1. The second kappa shape index (κ2) is 9.57. The molecule has 1 amide bonds. The summed E-state index contributed by atoms with van der Waals surface area (Å²) in [7, 11) is -3.91. The van der Waals surface area contributed by atoms with Crippen LogP contribution in [0.15, 0.2) is 40.6 Å². The largest absolute Gasteiger partial charge is 0.452 e. The van der Waals surface area contributed by atoms with E-state index in [4.69, 9.17) is 21.1 Å². The lowest BCUT2D eigenvalue weighted by Gasteiger charge is -2.13. The summed E-state index contributed by atoms with van der Waals surface area (Å²) in [6, 6.07) is 8.82. The van der Waals surface area contributed by atoms with Gasteiger partial charge < -0.3 is 14.8 Å². The van der Waals surface area contributed by atoms with Crippen LogP contribution in [0.5, 0.6) is 0 Å². The Morgan fingerprint density at radius 1 is 1.24 bits per heavy atom. The molecule has 0 aliphatic carbocycles. The van der Waals surface area contributed by atoms with Gasteiger partial charge in [0.1, 0.15) is 4.21 Å². The number of hydrogen-bond acceptors (Lipinski definition) is 7. The zero-order chi connectivity index (χ0) is 20.9. The molecule has 156 valence electrons. The van der Waals surface area contributed by atoms with Crippen LogP contribution in [0.4, 0.5) is 5.69 Å². The third-order valence-corrected chi connectivity index (χ3v) is 7.18. The van der Waals surface area contributed by atoms with Crippen LogP contribution in [-0.4, -0.2) is 46.2 Å². The normalized spacial score (nSPS) is 16.4. The monoisotopic (exact) mass is 458 g/mol. The number of para-hydroxylation sites is 1. The molecule has 8 nitrogen and oxygen atoms in total. The van der Waals surface area contributed by atoms with Gasteiger partial charge in [-0.05, 0) is 37.1 Å². The molecule has 3 rings (SSSR count). The highest BCUT2D eigenvalue weighted by Gasteiger charge is 2.22. The maximum absolute atomic E-state index is 12.5. The minimum Gasteiger partial charge on any atom is -0.452 e. The summed E-state index contributed by atoms with van der Waals surface area (Å²) in [5, 5.41) is 2.64. The Morgan fingerprint density at radius 3 is 2.72 bits per heavy atom. The van der Waals surface area contributed by atoms with Crippen molar-refractivity contribution in [3.05, 3.63) is 46.3 Å². The first-order valence-electron chi connectivity index (χ1n) is 8.78. The molecule has 2 N–H and O–H groups in total. The molecule has 1 fully saturated rings. The fourth-order valence-electron chi connectivity index (χ4n) is 2.68. The number of carbonyl (C=O) groups is 2. The molecule has 1 aromatic carbocycles. The number of nitrogens with one attached hydrogen (secondary N) is 2. The molecule has 0 radical (unpaired) electrons. The molecule has 0 bridgehead atoms. The minimum absolute atomic E-state index is 0.00865. The summed E-state index contributed by atoms with van der Waals surface area (Å²) in [6.45, 7) is 0.559. The van der Waals surface area contributed by atoms with Crippen LogP contribution < -0.4 is 10.0 Å². The molecule has 29 heavy (non-hydrogen) atoms. The summed E-state index contributed by atoms with van der Waals surface area (Å²) >= 11 is 6.69. The van der Waals surface area contributed by atoms with Crippen molar-refractivity contribution in [2.45, 2.75) is 23.2 Å². The van der Waals surface area contributed by atoms with Crippen LogP contribution in [0.25, 0.3) is 0 Å². The summed E-state index contributed by atoms with van der Waals surface area (Å²) in [4.78, 5) is 24.2. The van der Waals surface area contributed by atoms with E-state index in [9.17, 15) is 18.0 Å². The van der Waals surface area contributed by atoms with Gasteiger partial charge in [0.15, 0.2) is 6.61 Å². The fourth-order valence-corrected chi connectivity index (χ4v) is 5.24. The number of halogens is 1. The predicted molar refractivity (Wildman–Crippen MR) is 109 cm³/mol. The molecular weight excluding hydrogens is 440 g/mol. The molecule has 1 aliphatic heterocycles. The average Bonchev–Trinajstić information content (AvgIpc) is 3.36. The Hall–Kier alpha value is -2.14. The lowest BCUT2D eigenvalue weighted by atomic mass is 10.2. The maximum atomic E-state index is 12.5. The molecule has 2 heterocycles. The second-order valence-corrected chi connectivity index (χ2v) is 9.85. The van der Waals surface area contributed by atoms with Crippen LogP contribution in [-0.2, 0) is 24.3 Å². The highest BCUT2D eigenvalue weighted by molar-refractivity contribution is 7.94. The molecule has 1 unspecified atom stereocenters. The Balaban J connectivity index is 1.60. The van der Waals surface area contributed by atoms with Gasteiger partial charge in [0.2, 0.25) is 0 Å². The van der Waals surface area contributed by atoms with Crippen molar-refractivity contribution in [2.24, 2.45) is 0 Å². The zero-order valence-corrected chi connectivity index (χ0v) is 17.6. The third-order valence-electron chi connectivity index (χ3n) is 4.09. The van der Waals surface area contributed by atoms with Gasteiger partial charge in [0.05, 0.1) is 21.7 Å². The lowest BCUT2D eigenvalue weighted by Crippen LogP contribution is -2.34. The molecule has 0 spiro atoms. The Morgan fingerprint density at radius 2 is 2.03 bits per heavy atom. The fraction of sp³-hybridized carbons (Fsp3) is 0.333. The third kappa shape index (κ3) is 5.92. The number of hydrogen-bond donors (Lipinski definition) is 2. The summed E-state index contributed by atoms with van der Waals surface area (Å²) in [5.74, 6) is -1.28. The van der Waals surface area contributed by atoms with E-state index in [2.05, 4.69) is 10.0 Å². The number of amides is 1. The van der Waals surface area contributed by atoms with Crippen molar-refractivity contribution in [1.82, 2.24) is 5.32 Å². The number of benzene rings is 1. The predicted octanol–water partition coefficient (Wildman–Crippen LogP) is 2.65. The van der Waals surface area contributed by atoms with Gasteiger partial charge in [-0.3, -0.25) is 9.52 Å². The molecule has 0 saturated carbocycles. The number of rotatable bonds is 8. The summed E-state index contributed by atoms with van der Waals surface area (Å²) in [6.07, 6.45) is 1.82. The van der Waals surface area contributed by atoms with E-state index in [1.807, 2.05) is 0 Å². The average molecular weight is 459 g/mol. The van der Waals surface area contributed by atoms with Crippen LogP contribution >= 0.6 is 22.9 Å². The molecule has 2 aromatic rings. The van der Waals surface area contributed by atoms with Crippen LogP contribution in [0.3, 0.4) is 0 Å². The van der Waals surface area contributed by atoms with Crippen molar-refractivity contribution in [1.29, 1.82) is 0 Å². The van der Waals surface area contributed by atoms with E-state index in [-0.39, 0.29) is 21.6 Å². The molecule has 11 heteroatoms. The van der Waals surface area contributed by atoms with Gasteiger partial charge >= 0.3 is 5.97 Å². The van der Waals surface area contributed by atoms with E-state index in [0.717, 1.165) is 24.2 Å². The smallest absolute Gasteiger partial charge is 0.340 e. The SMILES string of the molecule is O=C(COC(=O)c1ccccc1NS(=O)(=O)c1ccc(Cl)s1)NCC1CCCO1. The van der Waals surface area contributed by atoms with E-state index < -0.39 is 28.5 Å². The first kappa shape index (κ1) is 21.6. The van der Waals surface area contributed by atoms with Gasteiger partial charge in [0.25, 0.3) is 15.9 Å². The van der Waals surface area contributed by atoms with Crippen LogP contribution in [0.2, 0.25) is 4.34 Å².